The zero-order valence-corrected chi connectivity index (χ0v) is 18.4. The van der Waals surface area contributed by atoms with Crippen molar-refractivity contribution in [2.75, 3.05) is 19.7 Å². The summed E-state index contributed by atoms with van der Waals surface area (Å²) in [7, 11) is 0. The van der Waals surface area contributed by atoms with Crippen LogP contribution in [0, 0.1) is 5.82 Å². The van der Waals surface area contributed by atoms with Crippen LogP contribution in [0.3, 0.4) is 0 Å². The minimum absolute atomic E-state index is 0.0387. The van der Waals surface area contributed by atoms with Crippen LogP contribution >= 0.6 is 11.3 Å². The monoisotopic (exact) mass is 446 g/mol. The van der Waals surface area contributed by atoms with Gasteiger partial charge in [-0.1, -0.05) is 24.3 Å². The molecule has 1 aromatic carbocycles. The predicted molar refractivity (Wildman–Crippen MR) is 118 cm³/mol. The molecule has 1 heterocycles. The molecule has 0 unspecified atom stereocenters. The highest BCUT2D eigenvalue weighted by Crippen LogP contribution is 2.16. The van der Waals surface area contributed by atoms with E-state index in [4.69, 9.17) is 4.74 Å². The predicted octanol–water partition coefficient (Wildman–Crippen LogP) is 3.77. The Labute approximate surface area is 185 Å². The van der Waals surface area contributed by atoms with Crippen molar-refractivity contribution in [2.24, 2.45) is 0 Å². The normalized spacial score (nSPS) is 10.4. The molecule has 166 valence electrons. The van der Waals surface area contributed by atoms with Crippen LogP contribution in [0.25, 0.3) is 0 Å². The van der Waals surface area contributed by atoms with Crippen molar-refractivity contribution in [3.63, 3.8) is 0 Å². The van der Waals surface area contributed by atoms with Crippen LogP contribution in [0.15, 0.2) is 54.4 Å². The van der Waals surface area contributed by atoms with E-state index in [1.54, 1.807) is 30.0 Å². The van der Waals surface area contributed by atoms with Crippen LogP contribution in [-0.4, -0.2) is 47.3 Å². The number of carbonyl (C=O) groups is 3. The summed E-state index contributed by atoms with van der Waals surface area (Å²) in [5, 5.41) is 1.93. The quantitative estimate of drug-likeness (QED) is 0.368. The SMILES string of the molecule is C=CCN(CC(=O)N(Cc1ccc(F)cc1)Cc1cccs1)C(=O)CCC(=O)OCC. The minimum Gasteiger partial charge on any atom is -0.466 e. The molecule has 0 aliphatic carbocycles. The highest BCUT2D eigenvalue weighted by molar-refractivity contribution is 7.09. The van der Waals surface area contributed by atoms with E-state index in [1.807, 2.05) is 17.5 Å². The second kappa shape index (κ2) is 12.6. The Morgan fingerprint density at radius 3 is 2.42 bits per heavy atom. The first-order valence-corrected chi connectivity index (χ1v) is 10.9. The molecule has 0 fully saturated rings. The van der Waals surface area contributed by atoms with Gasteiger partial charge in [0.15, 0.2) is 0 Å². The zero-order valence-electron chi connectivity index (χ0n) is 17.6. The summed E-state index contributed by atoms with van der Waals surface area (Å²) in [6, 6.07) is 9.81. The highest BCUT2D eigenvalue weighted by atomic mass is 32.1. The number of halogens is 1. The average Bonchev–Trinajstić information content (AvgIpc) is 3.26. The van der Waals surface area contributed by atoms with Gasteiger partial charge in [0, 0.05) is 24.4 Å². The number of ether oxygens (including phenoxy) is 1. The first-order chi connectivity index (χ1) is 14.9. The molecule has 31 heavy (non-hydrogen) atoms. The van der Waals surface area contributed by atoms with Gasteiger partial charge in [-0.2, -0.15) is 0 Å². The summed E-state index contributed by atoms with van der Waals surface area (Å²) >= 11 is 1.53. The fourth-order valence-corrected chi connectivity index (χ4v) is 3.63. The maximum atomic E-state index is 13.2. The Morgan fingerprint density at radius 1 is 1.06 bits per heavy atom. The smallest absolute Gasteiger partial charge is 0.306 e. The summed E-state index contributed by atoms with van der Waals surface area (Å²) in [6.07, 6.45) is 1.46. The summed E-state index contributed by atoms with van der Waals surface area (Å²) in [4.78, 5) is 41.2. The van der Waals surface area contributed by atoms with Gasteiger partial charge in [0.05, 0.1) is 19.6 Å². The van der Waals surface area contributed by atoms with Gasteiger partial charge in [-0.15, -0.1) is 17.9 Å². The van der Waals surface area contributed by atoms with Crippen LogP contribution in [0.4, 0.5) is 4.39 Å². The summed E-state index contributed by atoms with van der Waals surface area (Å²) < 4.78 is 18.1. The van der Waals surface area contributed by atoms with Crippen molar-refractivity contribution in [1.82, 2.24) is 9.80 Å². The summed E-state index contributed by atoms with van der Waals surface area (Å²) in [5.41, 5.74) is 0.787. The molecule has 2 aromatic rings. The fourth-order valence-electron chi connectivity index (χ4n) is 2.91. The molecule has 0 aliphatic heterocycles. The van der Waals surface area contributed by atoms with E-state index in [2.05, 4.69) is 6.58 Å². The van der Waals surface area contributed by atoms with Gasteiger partial charge in [0.1, 0.15) is 12.4 Å². The average molecular weight is 447 g/mol. The van der Waals surface area contributed by atoms with E-state index in [9.17, 15) is 18.8 Å². The number of hydrogen-bond donors (Lipinski definition) is 0. The molecule has 0 atom stereocenters. The van der Waals surface area contributed by atoms with Crippen molar-refractivity contribution >= 4 is 29.1 Å². The second-order valence-corrected chi connectivity index (χ2v) is 7.86. The van der Waals surface area contributed by atoms with Gasteiger partial charge in [0.25, 0.3) is 0 Å². The molecule has 0 radical (unpaired) electrons. The molecular formula is C23H27FN2O4S. The lowest BCUT2D eigenvalue weighted by Crippen LogP contribution is -2.42. The number of benzene rings is 1. The van der Waals surface area contributed by atoms with Gasteiger partial charge >= 0.3 is 5.97 Å². The number of esters is 1. The summed E-state index contributed by atoms with van der Waals surface area (Å²) in [6.45, 7) is 6.33. The Morgan fingerprint density at radius 2 is 1.81 bits per heavy atom. The first kappa shape index (κ1) is 24.3. The van der Waals surface area contributed by atoms with Crippen LogP contribution in [-0.2, 0) is 32.2 Å². The number of carbonyl (C=O) groups excluding carboxylic acids is 3. The standard InChI is InChI=1S/C23H27FN2O4S/c1-3-13-25(21(27)11-12-23(29)30-4-2)17-22(28)26(16-20-6-5-14-31-20)15-18-7-9-19(24)10-8-18/h3,5-10,14H,1,4,11-13,15-17H2,2H3. The van der Waals surface area contributed by atoms with Crippen molar-refractivity contribution in [1.29, 1.82) is 0 Å². The minimum atomic E-state index is -0.448. The van der Waals surface area contributed by atoms with E-state index < -0.39 is 5.97 Å². The van der Waals surface area contributed by atoms with E-state index in [1.165, 1.54) is 28.4 Å². The van der Waals surface area contributed by atoms with Gasteiger partial charge < -0.3 is 14.5 Å². The molecule has 6 nitrogen and oxygen atoms in total. The largest absolute Gasteiger partial charge is 0.466 e. The van der Waals surface area contributed by atoms with Gasteiger partial charge in [0.2, 0.25) is 11.8 Å². The Balaban J connectivity index is 2.08. The lowest BCUT2D eigenvalue weighted by atomic mass is 10.2. The third-order valence-corrected chi connectivity index (χ3v) is 5.30. The molecule has 0 saturated heterocycles. The van der Waals surface area contributed by atoms with Gasteiger partial charge in [-0.25, -0.2) is 4.39 Å². The van der Waals surface area contributed by atoms with Gasteiger partial charge in [-0.05, 0) is 36.1 Å². The maximum absolute atomic E-state index is 13.2. The maximum Gasteiger partial charge on any atom is 0.306 e. The van der Waals surface area contributed by atoms with Crippen LogP contribution < -0.4 is 0 Å². The topological polar surface area (TPSA) is 66.9 Å². The second-order valence-electron chi connectivity index (χ2n) is 6.82. The molecule has 8 heteroatoms. The molecule has 2 rings (SSSR count). The highest BCUT2D eigenvalue weighted by Gasteiger charge is 2.22. The van der Waals surface area contributed by atoms with E-state index in [0.29, 0.717) is 6.54 Å². The van der Waals surface area contributed by atoms with Crippen molar-refractivity contribution < 1.29 is 23.5 Å². The molecule has 0 aliphatic rings. The number of rotatable bonds is 12. The van der Waals surface area contributed by atoms with E-state index in [0.717, 1.165) is 10.4 Å². The molecule has 2 amide bonds. The lowest BCUT2D eigenvalue weighted by molar-refractivity contribution is -0.146. The number of nitrogens with zero attached hydrogens (tertiary/aromatic N) is 2. The van der Waals surface area contributed by atoms with Crippen molar-refractivity contribution in [3.05, 3.63) is 70.7 Å². The van der Waals surface area contributed by atoms with Gasteiger partial charge in [-0.3, -0.25) is 14.4 Å². The zero-order chi connectivity index (χ0) is 22.6. The third kappa shape index (κ3) is 8.33. The number of thiophene rings is 1. The van der Waals surface area contributed by atoms with E-state index >= 15 is 0 Å². The molecule has 0 saturated carbocycles. The molecule has 0 spiro atoms. The Hall–Kier alpha value is -3.00. The number of hydrogen-bond acceptors (Lipinski definition) is 5. The van der Waals surface area contributed by atoms with Crippen LogP contribution in [0.5, 0.6) is 0 Å². The fraction of sp³-hybridized carbons (Fsp3) is 0.348. The third-order valence-electron chi connectivity index (χ3n) is 4.44. The van der Waals surface area contributed by atoms with Crippen LogP contribution in [0.1, 0.15) is 30.2 Å². The van der Waals surface area contributed by atoms with Crippen LogP contribution in [0.2, 0.25) is 0 Å². The molecule has 0 N–H and O–H groups in total. The molecule has 1 aromatic heterocycles. The number of amides is 2. The van der Waals surface area contributed by atoms with E-state index in [-0.39, 0.29) is 56.7 Å². The summed E-state index contributed by atoms with van der Waals surface area (Å²) in [5.74, 6) is -1.36. The van der Waals surface area contributed by atoms with Crippen molar-refractivity contribution in [2.45, 2.75) is 32.9 Å². The van der Waals surface area contributed by atoms with Crippen molar-refractivity contribution in [3.8, 4) is 0 Å². The Kier molecular flexibility index (Phi) is 9.90. The Bertz CT molecular complexity index is 868. The lowest BCUT2D eigenvalue weighted by Gasteiger charge is -2.27. The molecule has 0 bridgehead atoms. The molecular weight excluding hydrogens is 419 g/mol. The first-order valence-electron chi connectivity index (χ1n) is 10.0.